The highest BCUT2D eigenvalue weighted by atomic mass is 19.2. The zero-order valence-corrected chi connectivity index (χ0v) is 14.7. The number of hydrogen-bond acceptors (Lipinski definition) is 1. The fourth-order valence-electron chi connectivity index (χ4n) is 2.91. The van der Waals surface area contributed by atoms with Crippen molar-refractivity contribution in [3.8, 4) is 16.9 Å². The molecule has 0 radical (unpaired) electrons. The first kappa shape index (κ1) is 19.0. The summed E-state index contributed by atoms with van der Waals surface area (Å²) in [6.45, 7) is 2.49. The summed E-state index contributed by atoms with van der Waals surface area (Å²) in [4.78, 5) is 0. The van der Waals surface area contributed by atoms with E-state index in [1.807, 2.05) is 31.2 Å². The maximum Gasteiger partial charge on any atom is 0.159 e. The Bertz CT molecular complexity index is 913. The van der Waals surface area contributed by atoms with E-state index in [1.165, 1.54) is 12.1 Å². The van der Waals surface area contributed by atoms with Crippen molar-refractivity contribution in [3.05, 3.63) is 89.0 Å². The van der Waals surface area contributed by atoms with Crippen LogP contribution in [0.5, 0.6) is 5.75 Å². The molecule has 0 N–H and O–H groups in total. The molecule has 3 aromatic rings. The van der Waals surface area contributed by atoms with Crippen molar-refractivity contribution in [2.45, 2.75) is 19.8 Å². The third-order valence-electron chi connectivity index (χ3n) is 4.25. The summed E-state index contributed by atoms with van der Waals surface area (Å²) in [5.41, 5.74) is 1.11. The summed E-state index contributed by atoms with van der Waals surface area (Å²) in [6.07, 6.45) is 1.05. The van der Waals surface area contributed by atoms with Crippen LogP contribution < -0.4 is 4.74 Å². The molecule has 0 bridgehead atoms. The van der Waals surface area contributed by atoms with E-state index in [9.17, 15) is 17.6 Å². The van der Waals surface area contributed by atoms with Crippen LogP contribution in [0.2, 0.25) is 0 Å². The molecule has 0 heterocycles. The van der Waals surface area contributed by atoms with Crippen LogP contribution in [-0.4, -0.2) is 6.61 Å². The lowest BCUT2D eigenvalue weighted by Crippen LogP contribution is -1.98. The minimum absolute atomic E-state index is 0.0398. The molecule has 3 rings (SSSR count). The highest BCUT2D eigenvalue weighted by molar-refractivity contribution is 5.65. The molecule has 0 atom stereocenters. The molecule has 140 valence electrons. The molecule has 0 fully saturated rings. The normalized spacial score (nSPS) is 10.9. The first-order valence-electron chi connectivity index (χ1n) is 8.63. The number of aryl methyl sites for hydroxylation is 2. The average molecular weight is 374 g/mol. The van der Waals surface area contributed by atoms with Gasteiger partial charge >= 0.3 is 0 Å². The second-order valence-electron chi connectivity index (χ2n) is 6.14. The number of rotatable bonds is 6. The van der Waals surface area contributed by atoms with Crippen LogP contribution in [0.3, 0.4) is 0 Å². The lowest BCUT2D eigenvalue weighted by atomic mass is 9.99. The van der Waals surface area contributed by atoms with E-state index in [1.54, 1.807) is 0 Å². The molecule has 1 nitrogen and oxygen atoms in total. The lowest BCUT2D eigenvalue weighted by molar-refractivity contribution is 0.340. The van der Waals surface area contributed by atoms with Crippen LogP contribution >= 0.6 is 0 Å². The van der Waals surface area contributed by atoms with Crippen molar-refractivity contribution in [1.29, 1.82) is 0 Å². The SMILES string of the molecule is CCOc1ccc(CCc2cc(F)c(-c3ccc(F)c(F)c3)c(F)c2)cc1. The molecule has 0 spiro atoms. The van der Waals surface area contributed by atoms with E-state index in [2.05, 4.69) is 0 Å². The van der Waals surface area contributed by atoms with Gasteiger partial charge < -0.3 is 4.74 Å². The van der Waals surface area contributed by atoms with Crippen LogP contribution in [0.25, 0.3) is 11.1 Å². The summed E-state index contributed by atoms with van der Waals surface area (Å²) in [5.74, 6) is -3.04. The second-order valence-corrected chi connectivity index (χ2v) is 6.14. The van der Waals surface area contributed by atoms with Gasteiger partial charge in [0.2, 0.25) is 0 Å². The van der Waals surface area contributed by atoms with Crippen molar-refractivity contribution < 1.29 is 22.3 Å². The Kier molecular flexibility index (Phi) is 5.79. The molecular formula is C22H18F4O. The summed E-state index contributed by atoms with van der Waals surface area (Å²) in [7, 11) is 0. The predicted molar refractivity (Wildman–Crippen MR) is 96.7 cm³/mol. The maximum absolute atomic E-state index is 14.4. The molecule has 0 amide bonds. The first-order chi connectivity index (χ1) is 13.0. The van der Waals surface area contributed by atoms with E-state index in [0.717, 1.165) is 29.5 Å². The van der Waals surface area contributed by atoms with Crippen molar-refractivity contribution in [1.82, 2.24) is 0 Å². The summed E-state index contributed by atoms with van der Waals surface area (Å²) in [5, 5.41) is 0. The lowest BCUT2D eigenvalue weighted by Gasteiger charge is -2.10. The second kappa shape index (κ2) is 8.25. The van der Waals surface area contributed by atoms with Crippen LogP contribution in [0.1, 0.15) is 18.1 Å². The molecule has 0 aliphatic heterocycles. The number of benzene rings is 3. The minimum atomic E-state index is -1.15. The van der Waals surface area contributed by atoms with Gasteiger partial charge in [0.25, 0.3) is 0 Å². The molecule has 0 unspecified atom stereocenters. The summed E-state index contributed by atoms with van der Waals surface area (Å²) < 4.78 is 60.6. The highest BCUT2D eigenvalue weighted by Crippen LogP contribution is 2.29. The minimum Gasteiger partial charge on any atom is -0.494 e. The van der Waals surface area contributed by atoms with E-state index < -0.39 is 23.3 Å². The van der Waals surface area contributed by atoms with Gasteiger partial charge in [-0.15, -0.1) is 0 Å². The van der Waals surface area contributed by atoms with Gasteiger partial charge in [-0.25, -0.2) is 17.6 Å². The molecule has 0 saturated carbocycles. The van der Waals surface area contributed by atoms with Gasteiger partial charge in [-0.2, -0.15) is 0 Å². The van der Waals surface area contributed by atoms with Gasteiger partial charge in [-0.3, -0.25) is 0 Å². The number of hydrogen-bond donors (Lipinski definition) is 0. The summed E-state index contributed by atoms with van der Waals surface area (Å²) >= 11 is 0. The van der Waals surface area contributed by atoms with Gasteiger partial charge in [0, 0.05) is 0 Å². The molecule has 0 saturated heterocycles. The molecule has 0 aliphatic carbocycles. The van der Waals surface area contributed by atoms with Gasteiger partial charge in [0.1, 0.15) is 17.4 Å². The molecule has 0 aromatic heterocycles. The molecule has 0 aliphatic rings. The van der Waals surface area contributed by atoms with Gasteiger partial charge in [0.15, 0.2) is 11.6 Å². The number of ether oxygens (including phenoxy) is 1. The molecule has 5 heteroatoms. The fourth-order valence-corrected chi connectivity index (χ4v) is 2.91. The van der Waals surface area contributed by atoms with E-state index >= 15 is 0 Å². The topological polar surface area (TPSA) is 9.23 Å². The fraction of sp³-hybridized carbons (Fsp3) is 0.182. The third kappa shape index (κ3) is 4.48. The third-order valence-corrected chi connectivity index (χ3v) is 4.25. The number of halogens is 4. The zero-order chi connectivity index (χ0) is 19.4. The highest BCUT2D eigenvalue weighted by Gasteiger charge is 2.15. The van der Waals surface area contributed by atoms with Crippen LogP contribution in [-0.2, 0) is 12.8 Å². The molecule has 27 heavy (non-hydrogen) atoms. The first-order valence-corrected chi connectivity index (χ1v) is 8.63. The van der Waals surface area contributed by atoms with Gasteiger partial charge in [-0.05, 0) is 72.9 Å². The smallest absolute Gasteiger partial charge is 0.159 e. The Balaban J connectivity index is 1.77. The Morgan fingerprint density at radius 1 is 0.667 bits per heavy atom. The zero-order valence-electron chi connectivity index (χ0n) is 14.7. The Hall–Kier alpha value is -2.82. The standard InChI is InChI=1S/C22H18F4O/c1-2-27-17-8-5-14(6-9-17)3-4-15-11-20(25)22(21(26)12-15)16-7-10-18(23)19(24)13-16/h5-13H,2-4H2,1H3. The maximum atomic E-state index is 14.4. The van der Waals surface area contributed by atoms with Crippen molar-refractivity contribution in [3.63, 3.8) is 0 Å². The van der Waals surface area contributed by atoms with Crippen LogP contribution in [0.15, 0.2) is 54.6 Å². The summed E-state index contributed by atoms with van der Waals surface area (Å²) in [6, 6.07) is 12.8. The van der Waals surface area contributed by atoms with Gasteiger partial charge in [0.05, 0.1) is 12.2 Å². The molecule has 3 aromatic carbocycles. The van der Waals surface area contributed by atoms with Crippen molar-refractivity contribution in [2.24, 2.45) is 0 Å². The van der Waals surface area contributed by atoms with Crippen molar-refractivity contribution in [2.75, 3.05) is 6.61 Å². The molecular weight excluding hydrogens is 356 g/mol. The Morgan fingerprint density at radius 3 is 1.89 bits per heavy atom. The average Bonchev–Trinajstić information content (AvgIpc) is 2.64. The van der Waals surface area contributed by atoms with Crippen LogP contribution in [0.4, 0.5) is 17.6 Å². The van der Waals surface area contributed by atoms with E-state index in [4.69, 9.17) is 4.74 Å². The van der Waals surface area contributed by atoms with E-state index in [0.29, 0.717) is 25.0 Å². The Morgan fingerprint density at radius 2 is 1.30 bits per heavy atom. The quantitative estimate of drug-likeness (QED) is 0.474. The largest absolute Gasteiger partial charge is 0.494 e. The van der Waals surface area contributed by atoms with Gasteiger partial charge in [-0.1, -0.05) is 18.2 Å². The van der Waals surface area contributed by atoms with Crippen LogP contribution in [0, 0.1) is 23.3 Å². The van der Waals surface area contributed by atoms with E-state index in [-0.39, 0.29) is 11.1 Å². The monoisotopic (exact) mass is 374 g/mol. The van der Waals surface area contributed by atoms with Crippen molar-refractivity contribution >= 4 is 0 Å². The predicted octanol–water partition coefficient (Wildman–Crippen LogP) is 6.09. The Labute approximate surface area is 155 Å².